The number of unbranched alkanes of at least 4 members (excludes halogenated alkanes) is 1. The number of hydrogen-bond acceptors (Lipinski definition) is 6. The van der Waals surface area contributed by atoms with E-state index < -0.39 is 17.9 Å². The predicted octanol–water partition coefficient (Wildman–Crippen LogP) is 3.82. The Bertz CT molecular complexity index is 665. The minimum absolute atomic E-state index is 0.195. The van der Waals surface area contributed by atoms with Gasteiger partial charge in [0, 0.05) is 20.3 Å². The molecule has 4 amide bonds. The van der Waals surface area contributed by atoms with Crippen LogP contribution in [0.5, 0.6) is 0 Å². The third-order valence-electron chi connectivity index (χ3n) is 5.98. The molecular weight excluding hydrogens is 522 g/mol. The molecule has 1 aliphatic carbocycles. The van der Waals surface area contributed by atoms with E-state index in [1.54, 1.807) is 19.3 Å². The second kappa shape index (κ2) is 32.1. The van der Waals surface area contributed by atoms with Crippen LogP contribution in [0.15, 0.2) is 12.2 Å². The van der Waals surface area contributed by atoms with Gasteiger partial charge in [0.05, 0.1) is 12.5 Å². The van der Waals surface area contributed by atoms with Crippen molar-refractivity contribution in [3.8, 4) is 0 Å². The van der Waals surface area contributed by atoms with Crippen LogP contribution >= 0.6 is 0 Å². The van der Waals surface area contributed by atoms with Crippen LogP contribution in [0.4, 0.5) is 0 Å². The zero-order chi connectivity index (χ0) is 31.9. The minimum atomic E-state index is -0.714. The predicted molar refractivity (Wildman–Crippen MR) is 169 cm³/mol. The molecule has 0 radical (unpaired) electrons. The van der Waals surface area contributed by atoms with Crippen LogP contribution in [0.3, 0.4) is 0 Å². The average molecular weight is 586 g/mol. The van der Waals surface area contributed by atoms with Crippen LogP contribution in [-0.2, 0) is 23.9 Å². The molecule has 0 heterocycles. The molecule has 0 aliphatic heterocycles. The molecule has 0 saturated heterocycles. The first-order valence-corrected chi connectivity index (χ1v) is 15.4. The molecule has 1 rings (SSSR count). The number of amides is 4. The molecule has 1 aliphatic rings. The Morgan fingerprint density at radius 2 is 1.63 bits per heavy atom. The Morgan fingerprint density at radius 1 is 1.05 bits per heavy atom. The van der Waals surface area contributed by atoms with Gasteiger partial charge in [-0.3, -0.25) is 19.2 Å². The molecular formula is C31H63N5O5. The van der Waals surface area contributed by atoms with Crippen molar-refractivity contribution in [2.45, 2.75) is 112 Å². The van der Waals surface area contributed by atoms with Gasteiger partial charge in [0.15, 0.2) is 0 Å². The highest BCUT2D eigenvalue weighted by atomic mass is 16.5. The van der Waals surface area contributed by atoms with Crippen LogP contribution in [0.1, 0.15) is 106 Å². The van der Waals surface area contributed by atoms with E-state index in [0.29, 0.717) is 38.1 Å². The summed E-state index contributed by atoms with van der Waals surface area (Å²) in [7, 11) is 1.68. The molecule has 0 spiro atoms. The zero-order valence-electron chi connectivity index (χ0n) is 27.1. The van der Waals surface area contributed by atoms with Gasteiger partial charge in [0.1, 0.15) is 6.04 Å². The summed E-state index contributed by atoms with van der Waals surface area (Å²) in [5.74, 6) is -0.207. The summed E-state index contributed by atoms with van der Waals surface area (Å²) in [5.41, 5.74) is 10.8. The largest absolute Gasteiger partial charge is 0.385 e. The Morgan fingerprint density at radius 3 is 2.05 bits per heavy atom. The van der Waals surface area contributed by atoms with Crippen molar-refractivity contribution in [3.05, 3.63) is 12.2 Å². The van der Waals surface area contributed by atoms with Gasteiger partial charge in [-0.1, -0.05) is 85.3 Å². The number of carbonyl (C=O) groups excluding carboxylic acids is 4. The summed E-state index contributed by atoms with van der Waals surface area (Å²) >= 11 is 0. The number of primary amides is 1. The van der Waals surface area contributed by atoms with Gasteiger partial charge in [-0.05, 0) is 51.0 Å². The molecule has 0 unspecified atom stereocenters. The van der Waals surface area contributed by atoms with Gasteiger partial charge in [-0.25, -0.2) is 0 Å². The third-order valence-corrected chi connectivity index (χ3v) is 5.98. The van der Waals surface area contributed by atoms with E-state index in [9.17, 15) is 19.2 Å². The van der Waals surface area contributed by atoms with Crippen LogP contribution in [0.2, 0.25) is 0 Å². The molecule has 0 aromatic heterocycles. The van der Waals surface area contributed by atoms with E-state index in [1.165, 1.54) is 38.5 Å². The lowest BCUT2D eigenvalue weighted by Crippen LogP contribution is -2.49. The van der Waals surface area contributed by atoms with E-state index in [4.69, 9.17) is 11.5 Å². The van der Waals surface area contributed by atoms with Gasteiger partial charge in [0.2, 0.25) is 24.1 Å². The molecule has 1 fully saturated rings. The van der Waals surface area contributed by atoms with Gasteiger partial charge in [-0.2, -0.15) is 0 Å². The SMILES string of the molecule is CC(C)C[C@H](/C=C/CNC(=O)[C@H](CCCCN)NC(=O)CNC=O)C(N)=O.CC1CCCCC1.CCC.CCOC. The van der Waals surface area contributed by atoms with Crippen LogP contribution in [-0.4, -0.2) is 63.5 Å². The number of methoxy groups -OCH3 is 1. The molecule has 0 bridgehead atoms. The maximum Gasteiger partial charge on any atom is 0.242 e. The van der Waals surface area contributed by atoms with Crippen molar-refractivity contribution >= 4 is 24.1 Å². The van der Waals surface area contributed by atoms with Crippen molar-refractivity contribution in [1.29, 1.82) is 0 Å². The maximum absolute atomic E-state index is 12.3. The average Bonchev–Trinajstić information content (AvgIpc) is 2.94. The molecule has 10 nitrogen and oxygen atoms in total. The summed E-state index contributed by atoms with van der Waals surface area (Å²) in [6, 6.07) is -0.714. The number of nitrogens with two attached hydrogens (primary N) is 2. The second-order valence-electron chi connectivity index (χ2n) is 10.7. The zero-order valence-corrected chi connectivity index (χ0v) is 27.1. The molecule has 2 atom stereocenters. The van der Waals surface area contributed by atoms with Crippen molar-refractivity contribution in [2.75, 3.05) is 33.4 Å². The van der Waals surface area contributed by atoms with Crippen molar-refractivity contribution < 1.29 is 23.9 Å². The first kappa shape index (κ1) is 43.0. The fourth-order valence-corrected chi connectivity index (χ4v) is 3.76. The molecule has 10 heteroatoms. The highest BCUT2D eigenvalue weighted by Gasteiger charge is 2.20. The Balaban J connectivity index is -0.000000835. The van der Waals surface area contributed by atoms with E-state index >= 15 is 0 Å². The topological polar surface area (TPSA) is 166 Å². The highest BCUT2D eigenvalue weighted by molar-refractivity contribution is 5.88. The molecule has 0 aromatic rings. The van der Waals surface area contributed by atoms with Crippen LogP contribution in [0.25, 0.3) is 0 Å². The molecule has 0 aromatic carbocycles. The van der Waals surface area contributed by atoms with Gasteiger partial charge in [-0.15, -0.1) is 0 Å². The van der Waals surface area contributed by atoms with Crippen molar-refractivity contribution in [2.24, 2.45) is 29.2 Å². The smallest absolute Gasteiger partial charge is 0.242 e. The van der Waals surface area contributed by atoms with Gasteiger partial charge < -0.3 is 32.2 Å². The fraction of sp³-hybridized carbons (Fsp3) is 0.806. The van der Waals surface area contributed by atoms with Crippen LogP contribution in [0, 0.1) is 17.8 Å². The van der Waals surface area contributed by atoms with Gasteiger partial charge >= 0.3 is 0 Å². The summed E-state index contributed by atoms with van der Waals surface area (Å²) in [6.07, 6.45) is 15.0. The van der Waals surface area contributed by atoms with Gasteiger partial charge in [0.25, 0.3) is 0 Å². The summed E-state index contributed by atoms with van der Waals surface area (Å²) in [4.78, 5) is 45.8. The van der Waals surface area contributed by atoms with E-state index in [2.05, 4.69) is 41.5 Å². The number of carbonyl (C=O) groups is 4. The van der Waals surface area contributed by atoms with Crippen LogP contribution < -0.4 is 27.4 Å². The minimum Gasteiger partial charge on any atom is -0.385 e. The van der Waals surface area contributed by atoms with Crippen molar-refractivity contribution in [3.63, 3.8) is 0 Å². The lowest BCUT2D eigenvalue weighted by Gasteiger charge is -2.18. The summed E-state index contributed by atoms with van der Waals surface area (Å²) < 4.78 is 4.54. The molecule has 1 saturated carbocycles. The maximum atomic E-state index is 12.3. The Hall–Kier alpha value is -2.46. The van der Waals surface area contributed by atoms with Crippen molar-refractivity contribution in [1.82, 2.24) is 16.0 Å². The Kier molecular flexibility index (Phi) is 33.6. The van der Waals surface area contributed by atoms with E-state index in [1.807, 2.05) is 20.8 Å². The molecule has 41 heavy (non-hydrogen) atoms. The normalized spacial score (nSPS) is 14.2. The first-order chi connectivity index (χ1) is 19.5. The van der Waals surface area contributed by atoms with E-state index in [-0.39, 0.29) is 24.9 Å². The highest BCUT2D eigenvalue weighted by Crippen LogP contribution is 2.22. The fourth-order valence-electron chi connectivity index (χ4n) is 3.76. The number of hydrogen-bond donors (Lipinski definition) is 5. The lowest BCUT2D eigenvalue weighted by atomic mass is 9.91. The molecule has 7 N–H and O–H groups in total. The van der Waals surface area contributed by atoms with E-state index in [0.717, 1.165) is 18.9 Å². The first-order valence-electron chi connectivity index (χ1n) is 15.4. The lowest BCUT2D eigenvalue weighted by molar-refractivity contribution is -0.129. The summed E-state index contributed by atoms with van der Waals surface area (Å²) in [6.45, 7) is 13.9. The third kappa shape index (κ3) is 31.9. The Labute approximate surface area is 250 Å². The number of nitrogens with one attached hydrogen (secondary N) is 3. The summed E-state index contributed by atoms with van der Waals surface area (Å²) in [5, 5.41) is 7.55. The monoisotopic (exact) mass is 585 g/mol. The number of rotatable bonds is 16. The quantitative estimate of drug-likeness (QED) is 0.105. The molecule has 242 valence electrons. The second-order valence-corrected chi connectivity index (χ2v) is 10.7. The standard InChI is InChI=1S/C18H33N5O4.C7H14.C3H8O.C3H8/c1-13(2)10-14(17(20)26)6-5-9-22-18(27)15(7-3-4-8-19)23-16(25)11-21-12-24;1-7-5-3-2-4-6-7;1-3-4-2;1-3-2/h5-6,12-15H,3-4,7-11,19H2,1-2H3,(H2,20,26)(H,21,24)(H,22,27)(H,23,25);7H,2-6H2,1H3;3H2,1-2H3;3H2,1-2H3/b6-5+;;;/t14-,15-;;;/m0.../s1. The number of ether oxygens (including phenoxy) is 1.